The second-order valence-electron chi connectivity index (χ2n) is 5.37. The third-order valence-electron chi connectivity index (χ3n) is 3.73. The maximum Gasteiger partial charge on any atom is 0.209 e. The highest BCUT2D eigenvalue weighted by Crippen LogP contribution is 2.29. The molecular formula is C14H17N5O2S. The summed E-state index contributed by atoms with van der Waals surface area (Å²) in [6, 6.07) is 7.58. The molecule has 0 spiro atoms. The van der Waals surface area contributed by atoms with Crippen LogP contribution in [0.25, 0.3) is 21.9 Å². The van der Waals surface area contributed by atoms with E-state index in [0.717, 1.165) is 16.4 Å². The summed E-state index contributed by atoms with van der Waals surface area (Å²) in [6.07, 6.45) is 2.07. The van der Waals surface area contributed by atoms with E-state index in [-0.39, 0.29) is 11.8 Å². The molecule has 0 aliphatic rings. The number of pyridine rings is 1. The lowest BCUT2D eigenvalue weighted by molar-refractivity contribution is 0.534. The highest BCUT2D eigenvalue weighted by atomic mass is 32.2. The number of rotatable bonds is 4. The lowest BCUT2D eigenvalue weighted by atomic mass is 10.1. The van der Waals surface area contributed by atoms with E-state index in [1.807, 2.05) is 35.8 Å². The van der Waals surface area contributed by atoms with Gasteiger partial charge in [0.2, 0.25) is 10.0 Å². The second kappa shape index (κ2) is 5.22. The van der Waals surface area contributed by atoms with Crippen molar-refractivity contribution in [1.82, 2.24) is 14.5 Å². The van der Waals surface area contributed by atoms with Gasteiger partial charge in [0.1, 0.15) is 5.52 Å². The van der Waals surface area contributed by atoms with E-state index in [2.05, 4.69) is 9.97 Å². The first kappa shape index (κ1) is 14.7. The van der Waals surface area contributed by atoms with Crippen molar-refractivity contribution in [2.75, 3.05) is 11.5 Å². The van der Waals surface area contributed by atoms with Crippen LogP contribution in [0.3, 0.4) is 0 Å². The van der Waals surface area contributed by atoms with Crippen LogP contribution in [-0.2, 0) is 10.0 Å². The smallest absolute Gasteiger partial charge is 0.209 e. The molecule has 1 atom stereocenters. The number of para-hydroxylation sites is 1. The van der Waals surface area contributed by atoms with Crippen molar-refractivity contribution < 1.29 is 8.42 Å². The molecule has 7 nitrogen and oxygen atoms in total. The second-order valence-corrected chi connectivity index (χ2v) is 7.10. The van der Waals surface area contributed by atoms with Crippen molar-refractivity contribution in [2.45, 2.75) is 19.4 Å². The van der Waals surface area contributed by atoms with Crippen molar-refractivity contribution in [3.8, 4) is 0 Å². The van der Waals surface area contributed by atoms with Crippen LogP contribution in [0, 0.1) is 0 Å². The van der Waals surface area contributed by atoms with E-state index < -0.39 is 10.0 Å². The lowest BCUT2D eigenvalue weighted by Crippen LogP contribution is -2.19. The molecule has 116 valence electrons. The summed E-state index contributed by atoms with van der Waals surface area (Å²) in [5.74, 6) is 0.290. The molecular weight excluding hydrogens is 302 g/mol. The molecule has 3 rings (SSSR count). The Morgan fingerprint density at radius 2 is 2.05 bits per heavy atom. The quantitative estimate of drug-likeness (QED) is 0.754. The molecule has 0 saturated carbocycles. The molecule has 0 aliphatic heterocycles. The predicted octanol–water partition coefficient (Wildman–Crippen LogP) is 1.41. The first-order valence-electron chi connectivity index (χ1n) is 6.88. The van der Waals surface area contributed by atoms with Gasteiger partial charge in [0.15, 0.2) is 5.82 Å². The molecule has 2 aromatic heterocycles. The number of sulfonamides is 1. The summed E-state index contributed by atoms with van der Waals surface area (Å²) in [5, 5.41) is 6.02. The lowest BCUT2D eigenvalue weighted by Gasteiger charge is -2.15. The molecule has 0 aliphatic carbocycles. The number of nitrogens with zero attached hydrogens (tertiary/aromatic N) is 3. The summed E-state index contributed by atoms with van der Waals surface area (Å²) >= 11 is 0. The third-order valence-corrected chi connectivity index (χ3v) is 4.54. The largest absolute Gasteiger partial charge is 0.382 e. The summed E-state index contributed by atoms with van der Waals surface area (Å²) < 4.78 is 24.2. The van der Waals surface area contributed by atoms with Gasteiger partial charge in [-0.3, -0.25) is 0 Å². The normalized spacial score (nSPS) is 13.7. The van der Waals surface area contributed by atoms with Gasteiger partial charge in [0, 0.05) is 11.4 Å². The fraction of sp³-hybridized carbons (Fsp3) is 0.286. The minimum Gasteiger partial charge on any atom is -0.382 e. The number of anilines is 1. The zero-order valence-corrected chi connectivity index (χ0v) is 12.9. The highest BCUT2D eigenvalue weighted by molar-refractivity contribution is 7.89. The van der Waals surface area contributed by atoms with Crippen molar-refractivity contribution in [3.05, 3.63) is 30.6 Å². The van der Waals surface area contributed by atoms with Gasteiger partial charge < -0.3 is 10.3 Å². The Morgan fingerprint density at radius 3 is 2.77 bits per heavy atom. The van der Waals surface area contributed by atoms with Crippen LogP contribution in [-0.4, -0.2) is 28.7 Å². The van der Waals surface area contributed by atoms with Crippen molar-refractivity contribution in [1.29, 1.82) is 0 Å². The van der Waals surface area contributed by atoms with Crippen LogP contribution in [0.15, 0.2) is 30.6 Å². The molecule has 2 heterocycles. The van der Waals surface area contributed by atoms with E-state index in [9.17, 15) is 8.42 Å². The maximum absolute atomic E-state index is 11.2. The molecule has 0 saturated heterocycles. The Balaban J connectivity index is 2.14. The predicted molar refractivity (Wildman–Crippen MR) is 86.7 cm³/mol. The van der Waals surface area contributed by atoms with Gasteiger partial charge in [-0.25, -0.2) is 23.5 Å². The monoisotopic (exact) mass is 319 g/mol. The Bertz CT molecular complexity index is 948. The molecule has 8 heteroatoms. The number of benzene rings is 1. The summed E-state index contributed by atoms with van der Waals surface area (Å²) in [6.45, 7) is 1.93. The summed E-state index contributed by atoms with van der Waals surface area (Å²) in [7, 11) is -3.48. The Hall–Kier alpha value is -2.19. The molecule has 0 radical (unpaired) electrons. The van der Waals surface area contributed by atoms with Crippen molar-refractivity contribution in [2.24, 2.45) is 5.14 Å². The fourth-order valence-electron chi connectivity index (χ4n) is 2.58. The zero-order valence-electron chi connectivity index (χ0n) is 12.1. The average molecular weight is 319 g/mol. The van der Waals surface area contributed by atoms with E-state index in [1.165, 1.54) is 0 Å². The van der Waals surface area contributed by atoms with Gasteiger partial charge in [-0.2, -0.15) is 0 Å². The Kier molecular flexibility index (Phi) is 3.50. The van der Waals surface area contributed by atoms with Gasteiger partial charge in [0.25, 0.3) is 0 Å². The van der Waals surface area contributed by atoms with Crippen LogP contribution < -0.4 is 10.9 Å². The summed E-state index contributed by atoms with van der Waals surface area (Å²) in [4.78, 5) is 8.68. The van der Waals surface area contributed by atoms with E-state index >= 15 is 0 Å². The van der Waals surface area contributed by atoms with Gasteiger partial charge in [0.05, 0.1) is 23.1 Å². The molecule has 4 N–H and O–H groups in total. The van der Waals surface area contributed by atoms with E-state index in [1.54, 1.807) is 6.33 Å². The molecule has 22 heavy (non-hydrogen) atoms. The van der Waals surface area contributed by atoms with Crippen molar-refractivity contribution in [3.63, 3.8) is 0 Å². The number of hydrogen-bond donors (Lipinski definition) is 2. The third kappa shape index (κ3) is 2.62. The summed E-state index contributed by atoms with van der Waals surface area (Å²) in [5.41, 5.74) is 8.25. The molecule has 1 aromatic carbocycles. The van der Waals surface area contributed by atoms with Gasteiger partial charge in [-0.15, -0.1) is 0 Å². The fourth-order valence-corrected chi connectivity index (χ4v) is 3.25. The first-order valence-corrected chi connectivity index (χ1v) is 8.59. The Morgan fingerprint density at radius 1 is 1.32 bits per heavy atom. The van der Waals surface area contributed by atoms with Crippen LogP contribution in [0.4, 0.5) is 5.82 Å². The minimum atomic E-state index is -3.48. The molecule has 0 fully saturated rings. The number of fused-ring (bicyclic) bond motifs is 3. The molecule has 1 unspecified atom stereocenters. The van der Waals surface area contributed by atoms with Gasteiger partial charge >= 0.3 is 0 Å². The number of imidazole rings is 1. The highest BCUT2D eigenvalue weighted by Gasteiger charge is 2.16. The van der Waals surface area contributed by atoms with Crippen LogP contribution in [0.5, 0.6) is 0 Å². The van der Waals surface area contributed by atoms with Crippen LogP contribution >= 0.6 is 0 Å². The maximum atomic E-state index is 11.2. The number of aromatic nitrogens is 3. The number of primary sulfonamides is 1. The molecule has 0 bridgehead atoms. The average Bonchev–Trinajstić information content (AvgIpc) is 2.90. The van der Waals surface area contributed by atoms with Crippen molar-refractivity contribution >= 4 is 37.8 Å². The Labute approximate surface area is 128 Å². The van der Waals surface area contributed by atoms with Gasteiger partial charge in [-0.1, -0.05) is 18.2 Å². The van der Waals surface area contributed by atoms with Gasteiger partial charge in [-0.05, 0) is 19.4 Å². The standard InChI is InChI=1S/C14H17N5O2S/c1-9(6-7-22(16,20)21)19-8-17-12-13(19)10-4-2-3-5-11(10)18-14(12)15/h2-5,8-9H,6-7H2,1H3,(H2,15,18)(H2,16,20,21). The van der Waals surface area contributed by atoms with E-state index in [4.69, 9.17) is 10.9 Å². The zero-order chi connectivity index (χ0) is 15.9. The number of nitrogen functional groups attached to an aromatic ring is 1. The first-order chi connectivity index (χ1) is 10.4. The minimum absolute atomic E-state index is 0.0754. The number of hydrogen-bond acceptors (Lipinski definition) is 5. The molecule has 3 aromatic rings. The van der Waals surface area contributed by atoms with E-state index in [0.29, 0.717) is 17.8 Å². The van der Waals surface area contributed by atoms with Crippen LogP contribution in [0.1, 0.15) is 19.4 Å². The number of nitrogens with two attached hydrogens (primary N) is 2. The SMILES string of the molecule is CC(CCS(N)(=O)=O)n1cnc2c(N)nc3ccccc3c21. The van der Waals surface area contributed by atoms with Crippen LogP contribution in [0.2, 0.25) is 0 Å². The molecule has 0 amide bonds. The topological polar surface area (TPSA) is 117 Å².